The summed E-state index contributed by atoms with van der Waals surface area (Å²) in [6, 6.07) is 1.87. The standard InChI is InChI=1S/C12H17BrN2O2S/c1-9(16)7-14-2-4-15(5-3-14)12(17)10-6-11(13)18-8-10/h6,8-9,16H,2-5,7H2,1H3/t9-/m0/s1. The second kappa shape index (κ2) is 6.14. The lowest BCUT2D eigenvalue weighted by Crippen LogP contribution is -2.50. The molecule has 1 aromatic heterocycles. The third-order valence-electron chi connectivity index (χ3n) is 3.00. The molecule has 0 aromatic carbocycles. The summed E-state index contributed by atoms with van der Waals surface area (Å²) in [5, 5.41) is 11.2. The minimum atomic E-state index is -0.305. The van der Waals surface area contributed by atoms with E-state index in [1.807, 2.05) is 16.3 Å². The van der Waals surface area contributed by atoms with Gasteiger partial charge < -0.3 is 10.0 Å². The number of halogens is 1. The van der Waals surface area contributed by atoms with Gasteiger partial charge in [-0.05, 0) is 28.9 Å². The minimum Gasteiger partial charge on any atom is -0.392 e. The fourth-order valence-corrected chi connectivity index (χ4v) is 3.24. The number of rotatable bonds is 3. The van der Waals surface area contributed by atoms with Crippen molar-refractivity contribution < 1.29 is 9.90 Å². The fraction of sp³-hybridized carbons (Fsp3) is 0.583. The van der Waals surface area contributed by atoms with E-state index in [0.717, 1.165) is 35.5 Å². The molecule has 1 aliphatic rings. The van der Waals surface area contributed by atoms with E-state index in [1.165, 1.54) is 11.3 Å². The van der Waals surface area contributed by atoms with Crippen LogP contribution in [0.2, 0.25) is 0 Å². The molecule has 0 unspecified atom stereocenters. The molecule has 0 bridgehead atoms. The molecular weight excluding hydrogens is 316 g/mol. The number of aliphatic hydroxyl groups is 1. The first kappa shape index (κ1) is 14.0. The zero-order chi connectivity index (χ0) is 13.1. The van der Waals surface area contributed by atoms with Crippen molar-refractivity contribution in [2.24, 2.45) is 0 Å². The van der Waals surface area contributed by atoms with Crippen molar-refractivity contribution in [1.29, 1.82) is 0 Å². The van der Waals surface area contributed by atoms with Crippen LogP contribution in [-0.4, -0.2) is 59.6 Å². The van der Waals surface area contributed by atoms with Crippen LogP contribution in [0.1, 0.15) is 17.3 Å². The summed E-state index contributed by atoms with van der Waals surface area (Å²) in [5.74, 6) is 0.105. The molecule has 18 heavy (non-hydrogen) atoms. The van der Waals surface area contributed by atoms with Gasteiger partial charge in [0.25, 0.3) is 5.91 Å². The number of aliphatic hydroxyl groups excluding tert-OH is 1. The SMILES string of the molecule is C[C@H](O)CN1CCN(C(=O)c2csc(Br)c2)CC1. The molecule has 1 amide bonds. The van der Waals surface area contributed by atoms with Gasteiger partial charge in [0.15, 0.2) is 0 Å². The largest absolute Gasteiger partial charge is 0.392 e. The zero-order valence-electron chi connectivity index (χ0n) is 10.3. The minimum absolute atomic E-state index is 0.105. The van der Waals surface area contributed by atoms with Gasteiger partial charge in [-0.25, -0.2) is 0 Å². The number of hydrogen-bond acceptors (Lipinski definition) is 4. The highest BCUT2D eigenvalue weighted by Gasteiger charge is 2.23. The lowest BCUT2D eigenvalue weighted by Gasteiger charge is -2.35. The summed E-state index contributed by atoms with van der Waals surface area (Å²) < 4.78 is 0.985. The molecule has 6 heteroatoms. The quantitative estimate of drug-likeness (QED) is 0.915. The van der Waals surface area contributed by atoms with Gasteiger partial charge in [0.2, 0.25) is 0 Å². The zero-order valence-corrected chi connectivity index (χ0v) is 12.7. The molecule has 0 aliphatic carbocycles. The third-order valence-corrected chi connectivity index (χ3v) is 4.50. The Morgan fingerprint density at radius 3 is 2.67 bits per heavy atom. The Kier molecular flexibility index (Phi) is 4.77. The second-order valence-electron chi connectivity index (χ2n) is 4.58. The number of carbonyl (C=O) groups is 1. The Labute approximate surface area is 119 Å². The Morgan fingerprint density at radius 2 is 2.17 bits per heavy atom. The first-order chi connectivity index (χ1) is 8.56. The van der Waals surface area contributed by atoms with Crippen molar-refractivity contribution >= 4 is 33.2 Å². The average Bonchev–Trinajstić information content (AvgIpc) is 2.75. The first-order valence-electron chi connectivity index (χ1n) is 6.00. The molecule has 1 aromatic rings. The van der Waals surface area contributed by atoms with Crippen LogP contribution in [0.5, 0.6) is 0 Å². The van der Waals surface area contributed by atoms with Crippen molar-refractivity contribution in [3.63, 3.8) is 0 Å². The molecule has 2 heterocycles. The van der Waals surface area contributed by atoms with Crippen LogP contribution in [0.3, 0.4) is 0 Å². The van der Waals surface area contributed by atoms with E-state index in [-0.39, 0.29) is 12.0 Å². The van der Waals surface area contributed by atoms with Crippen molar-refractivity contribution in [2.75, 3.05) is 32.7 Å². The average molecular weight is 333 g/mol. The van der Waals surface area contributed by atoms with Crippen LogP contribution in [0.4, 0.5) is 0 Å². The molecular formula is C12H17BrN2O2S. The van der Waals surface area contributed by atoms with Crippen molar-refractivity contribution in [1.82, 2.24) is 9.80 Å². The normalized spacial score (nSPS) is 18.9. The molecule has 1 atom stereocenters. The van der Waals surface area contributed by atoms with E-state index in [2.05, 4.69) is 20.8 Å². The van der Waals surface area contributed by atoms with Crippen LogP contribution >= 0.6 is 27.3 Å². The molecule has 2 rings (SSSR count). The van der Waals surface area contributed by atoms with Gasteiger partial charge in [0, 0.05) is 38.1 Å². The molecule has 1 fully saturated rings. The summed E-state index contributed by atoms with van der Waals surface area (Å²) in [4.78, 5) is 16.3. The number of thiophene rings is 1. The van der Waals surface area contributed by atoms with Crippen LogP contribution in [-0.2, 0) is 0 Å². The number of piperazine rings is 1. The smallest absolute Gasteiger partial charge is 0.254 e. The molecule has 0 radical (unpaired) electrons. The predicted molar refractivity (Wildman–Crippen MR) is 76.0 cm³/mol. The lowest BCUT2D eigenvalue weighted by atomic mass is 10.2. The van der Waals surface area contributed by atoms with Crippen LogP contribution in [0, 0.1) is 0 Å². The number of β-amino-alcohol motifs (C(OH)–C–C–N with tert-alkyl or cyclic N) is 1. The maximum absolute atomic E-state index is 12.2. The molecule has 1 N–H and O–H groups in total. The molecule has 0 spiro atoms. The van der Waals surface area contributed by atoms with E-state index >= 15 is 0 Å². The van der Waals surface area contributed by atoms with Gasteiger partial charge in [-0.2, -0.15) is 0 Å². The van der Waals surface area contributed by atoms with E-state index in [1.54, 1.807) is 6.92 Å². The summed E-state index contributed by atoms with van der Waals surface area (Å²) in [7, 11) is 0. The van der Waals surface area contributed by atoms with E-state index in [9.17, 15) is 9.90 Å². The van der Waals surface area contributed by atoms with E-state index in [4.69, 9.17) is 0 Å². The summed E-state index contributed by atoms with van der Waals surface area (Å²) in [6.07, 6.45) is -0.305. The van der Waals surface area contributed by atoms with Crippen LogP contribution in [0.25, 0.3) is 0 Å². The van der Waals surface area contributed by atoms with Gasteiger partial charge in [-0.3, -0.25) is 9.69 Å². The topological polar surface area (TPSA) is 43.8 Å². The van der Waals surface area contributed by atoms with Gasteiger partial charge in [-0.1, -0.05) is 0 Å². The van der Waals surface area contributed by atoms with Crippen molar-refractivity contribution in [2.45, 2.75) is 13.0 Å². The van der Waals surface area contributed by atoms with E-state index < -0.39 is 0 Å². The molecule has 100 valence electrons. The summed E-state index contributed by atoms with van der Waals surface area (Å²) in [5.41, 5.74) is 0.760. The third kappa shape index (κ3) is 3.54. The highest BCUT2D eigenvalue weighted by Crippen LogP contribution is 2.22. The Morgan fingerprint density at radius 1 is 1.50 bits per heavy atom. The first-order valence-corrected chi connectivity index (χ1v) is 7.67. The maximum atomic E-state index is 12.2. The van der Waals surface area contributed by atoms with Crippen molar-refractivity contribution in [3.05, 3.63) is 20.8 Å². The Bertz CT molecular complexity index is 414. The Balaban J connectivity index is 1.88. The Hall–Kier alpha value is -0.430. The van der Waals surface area contributed by atoms with Gasteiger partial charge in [0.1, 0.15) is 0 Å². The molecule has 1 saturated heterocycles. The van der Waals surface area contributed by atoms with Gasteiger partial charge >= 0.3 is 0 Å². The van der Waals surface area contributed by atoms with E-state index in [0.29, 0.717) is 6.54 Å². The second-order valence-corrected chi connectivity index (χ2v) is 6.87. The predicted octanol–water partition coefficient (Wildman–Crippen LogP) is 1.65. The monoisotopic (exact) mass is 332 g/mol. The highest BCUT2D eigenvalue weighted by atomic mass is 79.9. The molecule has 0 saturated carbocycles. The lowest BCUT2D eigenvalue weighted by molar-refractivity contribution is 0.0554. The fourth-order valence-electron chi connectivity index (χ4n) is 2.11. The number of amides is 1. The van der Waals surface area contributed by atoms with Gasteiger partial charge in [0.05, 0.1) is 15.5 Å². The molecule has 1 aliphatic heterocycles. The summed E-state index contributed by atoms with van der Waals surface area (Å²) >= 11 is 4.90. The number of carbonyl (C=O) groups excluding carboxylic acids is 1. The maximum Gasteiger partial charge on any atom is 0.254 e. The molecule has 4 nitrogen and oxygen atoms in total. The highest BCUT2D eigenvalue weighted by molar-refractivity contribution is 9.11. The summed E-state index contributed by atoms with van der Waals surface area (Å²) in [6.45, 7) is 5.62. The number of hydrogen-bond donors (Lipinski definition) is 1. The van der Waals surface area contributed by atoms with Crippen LogP contribution in [0.15, 0.2) is 15.2 Å². The van der Waals surface area contributed by atoms with Gasteiger partial charge in [-0.15, -0.1) is 11.3 Å². The van der Waals surface area contributed by atoms with Crippen molar-refractivity contribution in [3.8, 4) is 0 Å². The van der Waals surface area contributed by atoms with Crippen LogP contribution < -0.4 is 0 Å². The number of nitrogens with zero attached hydrogens (tertiary/aromatic N) is 2.